The van der Waals surface area contributed by atoms with Gasteiger partial charge in [-0.2, -0.15) is 0 Å². The van der Waals surface area contributed by atoms with Gasteiger partial charge >= 0.3 is 0 Å². The van der Waals surface area contributed by atoms with Crippen LogP contribution in [0, 0.1) is 12.8 Å². The number of ether oxygens (including phenoxy) is 1. The molecule has 1 N–H and O–H groups in total. The van der Waals surface area contributed by atoms with E-state index >= 15 is 0 Å². The molecular formula is C22H30N4O2S. The molecule has 1 heterocycles. The molecule has 156 valence electrons. The second-order valence-electron chi connectivity index (χ2n) is 7.63. The first kappa shape index (κ1) is 21.4. The summed E-state index contributed by atoms with van der Waals surface area (Å²) in [5.74, 6) is 2.45. The van der Waals surface area contributed by atoms with Gasteiger partial charge in [-0.1, -0.05) is 49.7 Å². The number of carbonyl (C=O) groups excluding carboxylic acids is 1. The molecule has 0 radical (unpaired) electrons. The van der Waals surface area contributed by atoms with Crippen LogP contribution < -0.4 is 10.1 Å². The maximum atomic E-state index is 12.4. The number of rotatable bonds is 9. The van der Waals surface area contributed by atoms with Crippen molar-refractivity contribution in [2.75, 3.05) is 5.75 Å². The molecule has 6 nitrogen and oxygen atoms in total. The van der Waals surface area contributed by atoms with Crippen LogP contribution in [0.1, 0.15) is 44.0 Å². The summed E-state index contributed by atoms with van der Waals surface area (Å²) in [6.45, 7) is 8.96. The molecule has 1 aliphatic rings. The minimum Gasteiger partial charge on any atom is -0.486 e. The van der Waals surface area contributed by atoms with Crippen LogP contribution in [0.3, 0.4) is 0 Å². The smallest absolute Gasteiger partial charge is 0.230 e. The lowest BCUT2D eigenvalue weighted by atomic mass is 9.86. The number of aryl methyl sites for hydroxylation is 1. The number of amides is 1. The summed E-state index contributed by atoms with van der Waals surface area (Å²) in [7, 11) is 0. The zero-order chi connectivity index (χ0) is 20.6. The van der Waals surface area contributed by atoms with Crippen LogP contribution in [0.15, 0.2) is 42.1 Å². The first-order valence-corrected chi connectivity index (χ1v) is 11.2. The summed E-state index contributed by atoms with van der Waals surface area (Å²) in [6.07, 6.45) is 6.52. The van der Waals surface area contributed by atoms with Crippen LogP contribution in [-0.2, 0) is 17.9 Å². The third-order valence-corrected chi connectivity index (χ3v) is 6.22. The van der Waals surface area contributed by atoms with Crippen molar-refractivity contribution >= 4 is 17.7 Å². The van der Waals surface area contributed by atoms with E-state index in [2.05, 4.69) is 29.0 Å². The first-order valence-electron chi connectivity index (χ1n) is 10.2. The maximum Gasteiger partial charge on any atom is 0.230 e. The number of aromatic nitrogens is 3. The van der Waals surface area contributed by atoms with Crippen LogP contribution >= 0.6 is 11.8 Å². The molecule has 1 aromatic heterocycles. The van der Waals surface area contributed by atoms with E-state index in [9.17, 15) is 4.79 Å². The van der Waals surface area contributed by atoms with Crippen molar-refractivity contribution in [2.45, 2.75) is 63.9 Å². The normalized spacial score (nSPS) is 19.0. The molecule has 2 aromatic rings. The van der Waals surface area contributed by atoms with Gasteiger partial charge in [0.2, 0.25) is 5.91 Å². The van der Waals surface area contributed by atoms with Crippen LogP contribution in [0.5, 0.6) is 5.75 Å². The van der Waals surface area contributed by atoms with Crippen molar-refractivity contribution in [3.63, 3.8) is 0 Å². The number of nitrogens with zero attached hydrogens (tertiary/aromatic N) is 3. The van der Waals surface area contributed by atoms with E-state index in [-0.39, 0.29) is 5.91 Å². The maximum absolute atomic E-state index is 12.4. The molecule has 1 aromatic carbocycles. The van der Waals surface area contributed by atoms with E-state index < -0.39 is 0 Å². The number of thioether (sulfide) groups is 1. The van der Waals surface area contributed by atoms with Crippen LogP contribution in [0.2, 0.25) is 0 Å². The SMILES string of the molecule is C=CCn1c(COc2cccc(C)c2)nnc1SCC(=O)N[C@@H]1CCCC[C@H]1C. The molecule has 2 atom stereocenters. The van der Waals surface area contributed by atoms with Crippen molar-refractivity contribution in [1.82, 2.24) is 20.1 Å². The Bertz CT molecular complexity index is 836. The van der Waals surface area contributed by atoms with Gasteiger partial charge in [0.15, 0.2) is 11.0 Å². The van der Waals surface area contributed by atoms with Gasteiger partial charge < -0.3 is 10.1 Å². The number of benzene rings is 1. The third kappa shape index (κ3) is 6.10. The Labute approximate surface area is 177 Å². The fourth-order valence-corrected chi connectivity index (χ4v) is 4.39. The highest BCUT2D eigenvalue weighted by molar-refractivity contribution is 7.99. The Balaban J connectivity index is 1.57. The lowest BCUT2D eigenvalue weighted by molar-refractivity contribution is -0.119. The number of carbonyl (C=O) groups is 1. The van der Waals surface area contributed by atoms with E-state index in [1.165, 1.54) is 31.0 Å². The molecule has 1 amide bonds. The fraction of sp³-hybridized carbons (Fsp3) is 0.500. The predicted octanol–water partition coefficient (Wildman–Crippen LogP) is 4.14. The third-order valence-electron chi connectivity index (χ3n) is 5.25. The molecule has 29 heavy (non-hydrogen) atoms. The van der Waals surface area contributed by atoms with E-state index in [1.807, 2.05) is 35.8 Å². The molecule has 3 rings (SSSR count). The van der Waals surface area contributed by atoms with Crippen LogP contribution in [0.25, 0.3) is 0 Å². The Morgan fingerprint density at radius 3 is 2.97 bits per heavy atom. The van der Waals surface area contributed by atoms with E-state index in [4.69, 9.17) is 4.74 Å². The van der Waals surface area contributed by atoms with E-state index in [0.717, 1.165) is 23.6 Å². The molecule has 0 bridgehead atoms. The molecule has 0 saturated heterocycles. The quantitative estimate of drug-likeness (QED) is 0.493. The van der Waals surface area contributed by atoms with E-state index in [1.54, 1.807) is 6.08 Å². The van der Waals surface area contributed by atoms with Crippen LogP contribution in [-0.4, -0.2) is 32.5 Å². The zero-order valence-corrected chi connectivity index (χ0v) is 18.1. The molecular weight excluding hydrogens is 384 g/mol. The van der Waals surface area contributed by atoms with Crippen molar-refractivity contribution in [2.24, 2.45) is 5.92 Å². The molecule has 1 aliphatic carbocycles. The van der Waals surface area contributed by atoms with Gasteiger partial charge in [0, 0.05) is 12.6 Å². The summed E-state index contributed by atoms with van der Waals surface area (Å²) < 4.78 is 7.81. The summed E-state index contributed by atoms with van der Waals surface area (Å²) in [6, 6.07) is 8.20. The average Bonchev–Trinajstić information content (AvgIpc) is 3.09. The topological polar surface area (TPSA) is 69.0 Å². The lowest BCUT2D eigenvalue weighted by Crippen LogP contribution is -2.41. The molecule has 7 heteroatoms. The van der Waals surface area contributed by atoms with Gasteiger partial charge in [0.25, 0.3) is 0 Å². The Hall–Kier alpha value is -2.28. The van der Waals surface area contributed by atoms with Crippen molar-refractivity contribution in [3.8, 4) is 5.75 Å². The molecule has 0 spiro atoms. The highest BCUT2D eigenvalue weighted by Gasteiger charge is 2.23. The standard InChI is InChI=1S/C22H30N4O2S/c1-4-12-26-20(14-28-18-10-7-8-16(2)13-18)24-25-22(26)29-15-21(27)23-19-11-6-5-9-17(19)3/h4,7-8,10,13,17,19H,1,5-6,9,11-12,14-15H2,2-3H3,(H,23,27)/t17-,19-/m1/s1. The number of allylic oxidation sites excluding steroid dienone is 1. The monoisotopic (exact) mass is 414 g/mol. The number of nitrogens with one attached hydrogen (secondary N) is 1. The Kier molecular flexibility index (Phi) is 7.75. The predicted molar refractivity (Wildman–Crippen MR) is 116 cm³/mol. The van der Waals surface area contributed by atoms with Gasteiger partial charge in [0.1, 0.15) is 12.4 Å². The second-order valence-corrected chi connectivity index (χ2v) is 8.57. The van der Waals surface area contributed by atoms with Crippen molar-refractivity contribution < 1.29 is 9.53 Å². The zero-order valence-electron chi connectivity index (χ0n) is 17.3. The van der Waals surface area contributed by atoms with Crippen molar-refractivity contribution in [3.05, 3.63) is 48.3 Å². The van der Waals surface area contributed by atoms with Gasteiger partial charge in [0.05, 0.1) is 5.75 Å². The summed E-state index contributed by atoms with van der Waals surface area (Å²) in [5, 5.41) is 12.4. The van der Waals surface area contributed by atoms with E-state index in [0.29, 0.717) is 36.0 Å². The van der Waals surface area contributed by atoms with Gasteiger partial charge in [-0.25, -0.2) is 0 Å². The Morgan fingerprint density at radius 1 is 1.38 bits per heavy atom. The summed E-state index contributed by atoms with van der Waals surface area (Å²) in [4.78, 5) is 12.4. The molecule has 1 fully saturated rings. The average molecular weight is 415 g/mol. The second kappa shape index (κ2) is 10.5. The molecule has 0 aliphatic heterocycles. The minimum absolute atomic E-state index is 0.0551. The van der Waals surface area contributed by atoms with Crippen LogP contribution in [0.4, 0.5) is 0 Å². The lowest BCUT2D eigenvalue weighted by Gasteiger charge is -2.29. The molecule has 1 saturated carbocycles. The number of hydrogen-bond donors (Lipinski definition) is 1. The molecule has 0 unspecified atom stereocenters. The highest BCUT2D eigenvalue weighted by Crippen LogP contribution is 2.24. The highest BCUT2D eigenvalue weighted by atomic mass is 32.2. The summed E-state index contributed by atoms with van der Waals surface area (Å²) >= 11 is 1.40. The first-order chi connectivity index (χ1) is 14.1. The van der Waals surface area contributed by atoms with Gasteiger partial charge in [-0.15, -0.1) is 16.8 Å². The van der Waals surface area contributed by atoms with Crippen molar-refractivity contribution in [1.29, 1.82) is 0 Å². The fourth-order valence-electron chi connectivity index (χ4n) is 3.61. The Morgan fingerprint density at radius 2 is 2.21 bits per heavy atom. The minimum atomic E-state index is 0.0551. The summed E-state index contributed by atoms with van der Waals surface area (Å²) in [5.41, 5.74) is 1.14. The van der Waals surface area contributed by atoms with Gasteiger partial charge in [-0.05, 0) is 43.4 Å². The van der Waals surface area contributed by atoms with Gasteiger partial charge in [-0.3, -0.25) is 9.36 Å². The largest absolute Gasteiger partial charge is 0.486 e. The number of hydrogen-bond acceptors (Lipinski definition) is 5.